The van der Waals surface area contributed by atoms with Crippen LogP contribution in [-0.2, 0) is 10.0 Å². The van der Waals surface area contributed by atoms with E-state index < -0.39 is 14.9 Å². The lowest BCUT2D eigenvalue weighted by atomic mass is 10.0. The van der Waals surface area contributed by atoms with E-state index in [1.807, 2.05) is 6.92 Å². The average molecular weight is 314 g/mol. The normalized spacial score (nSPS) is 20.2. The molecule has 1 aliphatic heterocycles. The van der Waals surface area contributed by atoms with Crippen molar-refractivity contribution in [2.45, 2.75) is 24.7 Å². The highest BCUT2D eigenvalue weighted by molar-refractivity contribution is 7.89. The number of rotatable bonds is 4. The summed E-state index contributed by atoms with van der Waals surface area (Å²) < 4.78 is 31.8. The maximum absolute atomic E-state index is 12.7. The molecular weight excluding hydrogens is 296 g/mol. The van der Waals surface area contributed by atoms with Crippen molar-refractivity contribution < 1.29 is 18.1 Å². The summed E-state index contributed by atoms with van der Waals surface area (Å²) in [5.74, 6) is 0.306. The molecule has 2 rings (SSSR count). The molecule has 116 valence electrons. The van der Waals surface area contributed by atoms with Crippen LogP contribution in [0.2, 0.25) is 0 Å². The van der Waals surface area contributed by atoms with Crippen molar-refractivity contribution >= 4 is 15.7 Å². The van der Waals surface area contributed by atoms with E-state index in [0.29, 0.717) is 19.0 Å². The molecule has 0 spiro atoms. The Bertz CT molecular complexity index is 644. The van der Waals surface area contributed by atoms with E-state index in [-0.39, 0.29) is 16.3 Å². The molecule has 0 amide bonds. The van der Waals surface area contributed by atoms with E-state index >= 15 is 0 Å². The molecule has 7 nitrogen and oxygen atoms in total. The van der Waals surface area contributed by atoms with Gasteiger partial charge >= 0.3 is 0 Å². The average Bonchev–Trinajstić information content (AvgIpc) is 2.46. The van der Waals surface area contributed by atoms with Gasteiger partial charge in [0.2, 0.25) is 10.0 Å². The smallest absolute Gasteiger partial charge is 0.273 e. The van der Waals surface area contributed by atoms with Crippen molar-refractivity contribution in [1.29, 1.82) is 0 Å². The Hall–Kier alpha value is -1.67. The number of hydrogen-bond acceptors (Lipinski definition) is 5. The van der Waals surface area contributed by atoms with Crippen molar-refractivity contribution in [1.82, 2.24) is 4.31 Å². The Morgan fingerprint density at radius 3 is 2.71 bits per heavy atom. The first-order chi connectivity index (χ1) is 9.86. The van der Waals surface area contributed by atoms with Crippen molar-refractivity contribution in [3.8, 4) is 5.75 Å². The van der Waals surface area contributed by atoms with Gasteiger partial charge in [-0.25, -0.2) is 8.42 Å². The molecule has 0 N–H and O–H groups in total. The fourth-order valence-electron chi connectivity index (χ4n) is 2.49. The van der Waals surface area contributed by atoms with Gasteiger partial charge in [0, 0.05) is 19.2 Å². The Morgan fingerprint density at radius 1 is 1.43 bits per heavy atom. The molecule has 21 heavy (non-hydrogen) atoms. The number of piperidine rings is 1. The lowest BCUT2D eigenvalue weighted by Gasteiger charge is -2.30. The first-order valence-electron chi connectivity index (χ1n) is 6.69. The molecule has 0 aromatic heterocycles. The van der Waals surface area contributed by atoms with Crippen LogP contribution >= 0.6 is 0 Å². The third-order valence-electron chi connectivity index (χ3n) is 3.60. The molecule has 1 aromatic carbocycles. The molecule has 1 saturated heterocycles. The summed E-state index contributed by atoms with van der Waals surface area (Å²) in [6, 6.07) is 3.56. The Balaban J connectivity index is 2.42. The summed E-state index contributed by atoms with van der Waals surface area (Å²) in [6.45, 7) is 2.93. The van der Waals surface area contributed by atoms with Crippen molar-refractivity contribution in [2.75, 3.05) is 20.2 Å². The van der Waals surface area contributed by atoms with E-state index in [0.717, 1.165) is 18.9 Å². The number of hydrogen-bond donors (Lipinski definition) is 0. The first-order valence-corrected chi connectivity index (χ1v) is 8.13. The molecule has 0 bridgehead atoms. The molecule has 0 aliphatic carbocycles. The molecule has 1 heterocycles. The first kappa shape index (κ1) is 15.7. The molecular formula is C13H18N2O5S. The second kappa shape index (κ2) is 5.98. The number of nitro groups is 1. The van der Waals surface area contributed by atoms with Crippen molar-refractivity contribution in [3.05, 3.63) is 28.3 Å². The molecule has 0 unspecified atom stereocenters. The highest BCUT2D eigenvalue weighted by atomic mass is 32.2. The SMILES string of the molecule is COc1cc([N+](=O)[O-])ccc1S(=O)(=O)N1CCC[C@@H](C)C1. The number of nitro benzene ring substituents is 1. The fourth-order valence-corrected chi connectivity index (χ4v) is 4.22. The summed E-state index contributed by atoms with van der Waals surface area (Å²) in [5.41, 5.74) is -0.196. The maximum Gasteiger partial charge on any atom is 0.273 e. The zero-order valence-corrected chi connectivity index (χ0v) is 12.8. The monoisotopic (exact) mass is 314 g/mol. The predicted molar refractivity (Wildman–Crippen MR) is 76.8 cm³/mol. The number of ether oxygens (including phenoxy) is 1. The van der Waals surface area contributed by atoms with E-state index in [4.69, 9.17) is 4.74 Å². The Morgan fingerprint density at radius 2 is 2.14 bits per heavy atom. The van der Waals surface area contributed by atoms with Crippen LogP contribution in [0.3, 0.4) is 0 Å². The van der Waals surface area contributed by atoms with Gasteiger partial charge in [0.15, 0.2) is 0 Å². The van der Waals surface area contributed by atoms with Crippen LogP contribution in [0.1, 0.15) is 19.8 Å². The van der Waals surface area contributed by atoms with Gasteiger partial charge in [-0.1, -0.05) is 6.92 Å². The van der Waals surface area contributed by atoms with Gasteiger partial charge in [-0.15, -0.1) is 0 Å². The van der Waals surface area contributed by atoms with Crippen LogP contribution in [0.5, 0.6) is 5.75 Å². The zero-order chi connectivity index (χ0) is 15.6. The standard InChI is InChI=1S/C13H18N2O5S/c1-10-4-3-7-14(9-10)21(18,19)13-6-5-11(15(16)17)8-12(13)20-2/h5-6,8,10H,3-4,7,9H2,1-2H3/t10-/m1/s1. The fraction of sp³-hybridized carbons (Fsp3) is 0.538. The summed E-state index contributed by atoms with van der Waals surface area (Å²) >= 11 is 0. The van der Waals surface area contributed by atoms with E-state index in [2.05, 4.69) is 0 Å². The molecule has 1 aliphatic rings. The van der Waals surface area contributed by atoms with Gasteiger partial charge < -0.3 is 4.74 Å². The molecule has 0 saturated carbocycles. The predicted octanol–water partition coefficient (Wildman–Crippen LogP) is 2.02. The van der Waals surface area contributed by atoms with Gasteiger partial charge in [-0.2, -0.15) is 4.31 Å². The highest BCUT2D eigenvalue weighted by Crippen LogP contribution is 2.32. The Kier molecular flexibility index (Phi) is 4.48. The molecule has 1 atom stereocenters. The number of non-ortho nitro benzene ring substituents is 1. The third-order valence-corrected chi connectivity index (χ3v) is 5.50. The van der Waals surface area contributed by atoms with Crippen LogP contribution in [0, 0.1) is 16.0 Å². The second-order valence-electron chi connectivity index (χ2n) is 5.20. The lowest BCUT2D eigenvalue weighted by Crippen LogP contribution is -2.39. The van der Waals surface area contributed by atoms with E-state index in [1.54, 1.807) is 0 Å². The molecule has 1 fully saturated rings. The van der Waals surface area contributed by atoms with Crippen LogP contribution in [0.4, 0.5) is 5.69 Å². The minimum absolute atomic E-state index is 0.00225. The van der Waals surface area contributed by atoms with Gasteiger partial charge in [0.05, 0.1) is 18.1 Å². The van der Waals surface area contributed by atoms with Crippen molar-refractivity contribution in [2.24, 2.45) is 5.92 Å². The summed E-state index contributed by atoms with van der Waals surface area (Å²) in [7, 11) is -2.39. The van der Waals surface area contributed by atoms with E-state index in [9.17, 15) is 18.5 Å². The topological polar surface area (TPSA) is 89.7 Å². The Labute approximate surface area is 123 Å². The van der Waals surface area contributed by atoms with Gasteiger partial charge in [0.25, 0.3) is 5.69 Å². The third kappa shape index (κ3) is 3.16. The molecule has 1 aromatic rings. The van der Waals surface area contributed by atoms with Crippen LogP contribution < -0.4 is 4.74 Å². The number of nitrogens with zero attached hydrogens (tertiary/aromatic N) is 2. The lowest BCUT2D eigenvalue weighted by molar-refractivity contribution is -0.385. The quantitative estimate of drug-likeness (QED) is 0.626. The number of methoxy groups -OCH3 is 1. The largest absolute Gasteiger partial charge is 0.495 e. The van der Waals surface area contributed by atoms with Gasteiger partial charge in [-0.05, 0) is 24.8 Å². The summed E-state index contributed by atoms with van der Waals surface area (Å²) in [6.07, 6.45) is 1.82. The minimum atomic E-state index is -3.69. The van der Waals surface area contributed by atoms with Crippen LogP contribution in [-0.4, -0.2) is 37.8 Å². The summed E-state index contributed by atoms with van der Waals surface area (Å²) in [4.78, 5) is 10.2. The van der Waals surface area contributed by atoms with Crippen molar-refractivity contribution in [3.63, 3.8) is 0 Å². The minimum Gasteiger partial charge on any atom is -0.495 e. The highest BCUT2D eigenvalue weighted by Gasteiger charge is 2.31. The van der Waals surface area contributed by atoms with Crippen LogP contribution in [0.15, 0.2) is 23.1 Å². The zero-order valence-electron chi connectivity index (χ0n) is 12.0. The van der Waals surface area contributed by atoms with Crippen LogP contribution in [0.25, 0.3) is 0 Å². The molecule has 0 radical (unpaired) electrons. The summed E-state index contributed by atoms with van der Waals surface area (Å²) in [5, 5.41) is 10.8. The number of benzene rings is 1. The maximum atomic E-state index is 12.7. The van der Waals surface area contributed by atoms with E-state index in [1.165, 1.54) is 23.5 Å². The number of sulfonamides is 1. The molecule has 8 heteroatoms. The van der Waals surface area contributed by atoms with Gasteiger partial charge in [0.1, 0.15) is 10.6 Å². The van der Waals surface area contributed by atoms with Gasteiger partial charge in [-0.3, -0.25) is 10.1 Å². The second-order valence-corrected chi connectivity index (χ2v) is 7.11.